The van der Waals surface area contributed by atoms with E-state index in [2.05, 4.69) is 4.74 Å². The molecule has 0 aliphatic rings. The molecule has 7 heteroatoms. The average molecular weight is 235 g/mol. The first-order chi connectivity index (χ1) is 7.49. The van der Waals surface area contributed by atoms with Crippen LogP contribution in [0.1, 0.15) is 29.4 Å². The van der Waals surface area contributed by atoms with Crippen LogP contribution in [-0.2, 0) is 4.74 Å². The van der Waals surface area contributed by atoms with Crippen LogP contribution < -0.4 is 5.43 Å². The Morgan fingerprint density at radius 3 is 2.69 bits per heavy atom. The van der Waals surface area contributed by atoms with Crippen molar-refractivity contribution in [2.75, 3.05) is 6.61 Å². The highest BCUT2D eigenvalue weighted by Gasteiger charge is 2.22. The van der Waals surface area contributed by atoms with Gasteiger partial charge in [0.05, 0.1) is 6.61 Å². The van der Waals surface area contributed by atoms with Crippen molar-refractivity contribution in [2.24, 2.45) is 0 Å². The molecule has 0 aliphatic carbocycles. The number of rotatable bonds is 3. The third-order valence-electron chi connectivity index (χ3n) is 1.77. The van der Waals surface area contributed by atoms with E-state index in [0.29, 0.717) is 6.20 Å². The minimum atomic E-state index is -3.15. The van der Waals surface area contributed by atoms with Crippen LogP contribution in [0.15, 0.2) is 11.0 Å². The van der Waals surface area contributed by atoms with Gasteiger partial charge >= 0.3 is 5.97 Å². The summed E-state index contributed by atoms with van der Waals surface area (Å²) in [5.74, 6) is -2.72. The Bertz CT molecular complexity index is 456. The van der Waals surface area contributed by atoms with E-state index < -0.39 is 34.9 Å². The Morgan fingerprint density at radius 2 is 2.19 bits per heavy atom. The summed E-state index contributed by atoms with van der Waals surface area (Å²) in [6.07, 6.45) is -2.44. The van der Waals surface area contributed by atoms with Crippen molar-refractivity contribution in [3.05, 3.63) is 33.5 Å². The fourth-order valence-electron chi connectivity index (χ4n) is 1.04. The van der Waals surface area contributed by atoms with Crippen molar-refractivity contribution in [3.8, 4) is 0 Å². The summed E-state index contributed by atoms with van der Waals surface area (Å²) in [6, 6.07) is 0. The van der Waals surface area contributed by atoms with Gasteiger partial charge in [0.15, 0.2) is 5.82 Å². The first-order valence-electron chi connectivity index (χ1n) is 4.35. The summed E-state index contributed by atoms with van der Waals surface area (Å²) in [6.45, 7) is 1.49. The lowest BCUT2D eigenvalue weighted by atomic mass is 10.2. The maximum atomic E-state index is 13.1. The molecule has 16 heavy (non-hydrogen) atoms. The highest BCUT2D eigenvalue weighted by atomic mass is 19.3. The van der Waals surface area contributed by atoms with Gasteiger partial charge in [-0.2, -0.15) is 0 Å². The smallest absolute Gasteiger partial charge is 0.343 e. The largest absolute Gasteiger partial charge is 0.462 e. The molecule has 0 radical (unpaired) electrons. The molecule has 1 aromatic rings. The van der Waals surface area contributed by atoms with Crippen molar-refractivity contribution in [1.29, 1.82) is 0 Å². The standard InChI is InChI=1S/C9H8F3NO3/c1-2-16-9(15)4-3-13-6(8(11)12)5(10)7(4)14/h3,8H,2H2,1H3,(H,13,14). The van der Waals surface area contributed by atoms with E-state index in [0.717, 1.165) is 0 Å². The first kappa shape index (κ1) is 12.3. The van der Waals surface area contributed by atoms with E-state index in [-0.39, 0.29) is 6.61 Å². The Balaban J connectivity index is 3.22. The molecule has 1 heterocycles. The molecule has 1 rings (SSSR count). The Morgan fingerprint density at radius 1 is 1.56 bits per heavy atom. The number of hydrogen-bond acceptors (Lipinski definition) is 3. The number of carbonyl (C=O) groups excluding carboxylic acids is 1. The second-order valence-electron chi connectivity index (χ2n) is 2.78. The topological polar surface area (TPSA) is 59.2 Å². The molecule has 0 unspecified atom stereocenters. The molecule has 0 amide bonds. The number of aromatic amines is 1. The van der Waals surface area contributed by atoms with Crippen molar-refractivity contribution in [1.82, 2.24) is 4.98 Å². The van der Waals surface area contributed by atoms with Crippen LogP contribution in [0.2, 0.25) is 0 Å². The van der Waals surface area contributed by atoms with Crippen molar-refractivity contribution in [3.63, 3.8) is 0 Å². The van der Waals surface area contributed by atoms with Gasteiger partial charge in [-0.15, -0.1) is 0 Å². The number of carbonyl (C=O) groups is 1. The van der Waals surface area contributed by atoms with Crippen LogP contribution in [-0.4, -0.2) is 17.6 Å². The highest BCUT2D eigenvalue weighted by molar-refractivity contribution is 5.88. The van der Waals surface area contributed by atoms with Gasteiger partial charge in [-0.25, -0.2) is 18.0 Å². The maximum Gasteiger partial charge on any atom is 0.343 e. The number of H-pyrrole nitrogens is 1. The van der Waals surface area contributed by atoms with E-state index in [1.807, 2.05) is 4.98 Å². The molecule has 0 saturated carbocycles. The first-order valence-corrected chi connectivity index (χ1v) is 4.35. The van der Waals surface area contributed by atoms with E-state index >= 15 is 0 Å². The molecule has 88 valence electrons. The van der Waals surface area contributed by atoms with Crippen LogP contribution >= 0.6 is 0 Å². The quantitative estimate of drug-likeness (QED) is 0.810. The molecule has 0 aliphatic heterocycles. The number of esters is 1. The SMILES string of the molecule is CCOC(=O)c1c[nH]c(C(F)F)c(F)c1=O. The summed E-state index contributed by atoms with van der Waals surface area (Å²) in [4.78, 5) is 24.1. The van der Waals surface area contributed by atoms with Gasteiger partial charge in [0.25, 0.3) is 6.43 Å². The molecular weight excluding hydrogens is 227 g/mol. The lowest BCUT2D eigenvalue weighted by Gasteiger charge is -2.04. The molecular formula is C9H8F3NO3. The number of aromatic nitrogens is 1. The van der Waals surface area contributed by atoms with Gasteiger partial charge < -0.3 is 9.72 Å². The number of alkyl halides is 2. The molecule has 1 aromatic heterocycles. The zero-order valence-corrected chi connectivity index (χ0v) is 8.22. The predicted molar refractivity (Wildman–Crippen MR) is 47.9 cm³/mol. The van der Waals surface area contributed by atoms with Crippen LogP contribution in [0.4, 0.5) is 13.2 Å². The van der Waals surface area contributed by atoms with Gasteiger partial charge in [-0.3, -0.25) is 4.79 Å². The fraction of sp³-hybridized carbons (Fsp3) is 0.333. The van der Waals surface area contributed by atoms with E-state index in [9.17, 15) is 22.8 Å². The normalized spacial score (nSPS) is 10.6. The van der Waals surface area contributed by atoms with Crippen LogP contribution in [0, 0.1) is 5.82 Å². The van der Waals surface area contributed by atoms with E-state index in [4.69, 9.17) is 0 Å². The fourth-order valence-corrected chi connectivity index (χ4v) is 1.04. The molecule has 0 aromatic carbocycles. The third-order valence-corrected chi connectivity index (χ3v) is 1.77. The predicted octanol–water partition coefficient (Wildman–Crippen LogP) is 1.63. The summed E-state index contributed by atoms with van der Waals surface area (Å²) >= 11 is 0. The van der Waals surface area contributed by atoms with Crippen molar-refractivity contribution >= 4 is 5.97 Å². The van der Waals surface area contributed by atoms with E-state index in [1.165, 1.54) is 6.92 Å². The number of ether oxygens (including phenoxy) is 1. The summed E-state index contributed by atoms with van der Waals surface area (Å²) in [7, 11) is 0. The Labute approximate surface area is 88.0 Å². The van der Waals surface area contributed by atoms with Gasteiger partial charge in [-0.05, 0) is 6.92 Å². The molecule has 0 fully saturated rings. The second kappa shape index (κ2) is 4.82. The molecule has 1 N–H and O–H groups in total. The van der Waals surface area contributed by atoms with Gasteiger partial charge in [-0.1, -0.05) is 0 Å². The number of hydrogen-bond donors (Lipinski definition) is 1. The van der Waals surface area contributed by atoms with Gasteiger partial charge in [0.2, 0.25) is 5.43 Å². The lowest BCUT2D eigenvalue weighted by molar-refractivity contribution is 0.0522. The lowest BCUT2D eigenvalue weighted by Crippen LogP contribution is -2.22. The summed E-state index contributed by atoms with van der Waals surface area (Å²) < 4.78 is 41.9. The van der Waals surface area contributed by atoms with Gasteiger partial charge in [0, 0.05) is 6.20 Å². The zero-order valence-electron chi connectivity index (χ0n) is 8.22. The molecule has 4 nitrogen and oxygen atoms in total. The highest BCUT2D eigenvalue weighted by Crippen LogP contribution is 2.17. The zero-order chi connectivity index (χ0) is 12.3. The number of pyridine rings is 1. The van der Waals surface area contributed by atoms with E-state index in [1.54, 1.807) is 0 Å². The van der Waals surface area contributed by atoms with Gasteiger partial charge in [0.1, 0.15) is 11.3 Å². The molecule has 0 atom stereocenters. The number of halogens is 3. The molecule has 0 spiro atoms. The average Bonchev–Trinajstić information content (AvgIpc) is 2.21. The molecule has 0 bridgehead atoms. The van der Waals surface area contributed by atoms with Crippen LogP contribution in [0.5, 0.6) is 0 Å². The minimum absolute atomic E-state index is 0.00348. The van der Waals surface area contributed by atoms with Crippen molar-refractivity contribution < 1.29 is 22.7 Å². The summed E-state index contributed by atoms with van der Waals surface area (Å²) in [5, 5.41) is 0. The monoisotopic (exact) mass is 235 g/mol. The maximum absolute atomic E-state index is 13.1. The number of nitrogens with one attached hydrogen (secondary N) is 1. The van der Waals surface area contributed by atoms with Crippen LogP contribution in [0.3, 0.4) is 0 Å². The van der Waals surface area contributed by atoms with Crippen molar-refractivity contribution in [2.45, 2.75) is 13.3 Å². The molecule has 0 saturated heterocycles. The van der Waals surface area contributed by atoms with Crippen LogP contribution in [0.25, 0.3) is 0 Å². The minimum Gasteiger partial charge on any atom is -0.462 e. The Hall–Kier alpha value is -1.79. The second-order valence-corrected chi connectivity index (χ2v) is 2.78. The Kier molecular flexibility index (Phi) is 3.70. The third kappa shape index (κ3) is 2.23. The summed E-state index contributed by atoms with van der Waals surface area (Å²) in [5.41, 5.74) is -3.17.